The van der Waals surface area contributed by atoms with Gasteiger partial charge in [-0.15, -0.1) is 5.10 Å². The Labute approximate surface area is 130 Å². The Balaban J connectivity index is 1.67. The molecular formula is C15H12N4O2S. The Morgan fingerprint density at radius 1 is 1.09 bits per heavy atom. The third-order valence-electron chi connectivity index (χ3n) is 2.81. The second-order valence-corrected chi connectivity index (χ2v) is 5.43. The smallest absolute Gasteiger partial charge is 0.335 e. The van der Waals surface area contributed by atoms with Gasteiger partial charge in [-0.05, 0) is 48.2 Å². The average molecular weight is 312 g/mol. The molecule has 0 aliphatic heterocycles. The molecule has 0 saturated heterocycles. The number of rotatable bonds is 5. The standard InChI is InChI=1S/C15H12N4O2S/c20-13(21)10-6-8-12(9-7-10)22-15-17-14(18-19-15)16-11-4-2-1-3-5-11/h1-9H,(H,20,21)(H2,16,17,18,19). The predicted molar refractivity (Wildman–Crippen MR) is 83.6 cm³/mol. The van der Waals surface area contributed by atoms with Gasteiger partial charge in [0.2, 0.25) is 11.1 Å². The molecule has 0 unspecified atom stereocenters. The lowest BCUT2D eigenvalue weighted by Crippen LogP contribution is -1.94. The number of carboxylic acids is 1. The third kappa shape index (κ3) is 3.44. The van der Waals surface area contributed by atoms with Crippen molar-refractivity contribution < 1.29 is 9.90 Å². The maximum absolute atomic E-state index is 10.8. The van der Waals surface area contributed by atoms with Crippen LogP contribution in [0.2, 0.25) is 0 Å². The van der Waals surface area contributed by atoms with Gasteiger partial charge in [0.25, 0.3) is 0 Å². The van der Waals surface area contributed by atoms with E-state index in [4.69, 9.17) is 5.11 Å². The fraction of sp³-hybridized carbons (Fsp3) is 0. The first-order valence-corrected chi connectivity index (χ1v) is 7.28. The van der Waals surface area contributed by atoms with Gasteiger partial charge >= 0.3 is 5.97 Å². The number of hydrogen-bond donors (Lipinski definition) is 3. The predicted octanol–water partition coefficient (Wildman–Crippen LogP) is 3.40. The van der Waals surface area contributed by atoms with Gasteiger partial charge in [0.05, 0.1) is 5.56 Å². The van der Waals surface area contributed by atoms with Crippen LogP contribution in [0.3, 0.4) is 0 Å². The third-order valence-corrected chi connectivity index (χ3v) is 3.68. The summed E-state index contributed by atoms with van der Waals surface area (Å²) in [4.78, 5) is 16.0. The number of carboxylic acid groups (broad SMARTS) is 1. The molecule has 0 bridgehead atoms. The highest BCUT2D eigenvalue weighted by Crippen LogP contribution is 2.25. The van der Waals surface area contributed by atoms with E-state index in [-0.39, 0.29) is 5.56 Å². The molecule has 3 rings (SSSR count). The van der Waals surface area contributed by atoms with Crippen LogP contribution >= 0.6 is 11.8 Å². The highest BCUT2D eigenvalue weighted by molar-refractivity contribution is 7.99. The summed E-state index contributed by atoms with van der Waals surface area (Å²) in [6.45, 7) is 0. The topological polar surface area (TPSA) is 90.9 Å². The minimum Gasteiger partial charge on any atom is -0.478 e. The SMILES string of the molecule is O=C(O)c1ccc(Sc2n[nH]c(Nc3ccccc3)n2)cc1. The van der Waals surface area contributed by atoms with Gasteiger partial charge in [0.1, 0.15) is 0 Å². The minimum atomic E-state index is -0.941. The number of carbonyl (C=O) groups is 1. The molecule has 22 heavy (non-hydrogen) atoms. The van der Waals surface area contributed by atoms with Crippen molar-refractivity contribution in [3.8, 4) is 0 Å². The Kier molecular flexibility index (Phi) is 4.06. The van der Waals surface area contributed by atoms with E-state index in [1.807, 2.05) is 30.3 Å². The van der Waals surface area contributed by atoms with Gasteiger partial charge in [-0.3, -0.25) is 0 Å². The molecule has 0 spiro atoms. The molecule has 0 saturated carbocycles. The van der Waals surface area contributed by atoms with Gasteiger partial charge in [-0.1, -0.05) is 18.2 Å². The first-order valence-electron chi connectivity index (χ1n) is 6.46. The Bertz CT molecular complexity index is 772. The summed E-state index contributed by atoms with van der Waals surface area (Å²) in [7, 11) is 0. The van der Waals surface area contributed by atoms with Crippen molar-refractivity contribution in [1.82, 2.24) is 15.2 Å². The van der Waals surface area contributed by atoms with Crippen molar-refractivity contribution >= 4 is 29.4 Å². The quantitative estimate of drug-likeness (QED) is 0.669. The van der Waals surface area contributed by atoms with Gasteiger partial charge in [-0.2, -0.15) is 4.98 Å². The molecule has 3 N–H and O–H groups in total. The largest absolute Gasteiger partial charge is 0.478 e. The normalized spacial score (nSPS) is 10.4. The summed E-state index contributed by atoms with van der Waals surface area (Å²) in [5.41, 5.74) is 1.17. The summed E-state index contributed by atoms with van der Waals surface area (Å²) in [6.07, 6.45) is 0. The second-order valence-electron chi connectivity index (χ2n) is 4.39. The number of para-hydroxylation sites is 1. The molecule has 1 aromatic heterocycles. The summed E-state index contributed by atoms with van der Waals surface area (Å²) in [6, 6.07) is 16.2. The number of benzene rings is 2. The summed E-state index contributed by atoms with van der Waals surface area (Å²) in [5, 5.41) is 19.5. The second kappa shape index (κ2) is 6.31. The van der Waals surface area contributed by atoms with Crippen LogP contribution in [-0.4, -0.2) is 26.3 Å². The summed E-state index contributed by atoms with van der Waals surface area (Å²) in [5.74, 6) is -0.389. The zero-order valence-corrected chi connectivity index (χ0v) is 12.2. The molecule has 0 aliphatic rings. The van der Waals surface area contributed by atoms with E-state index in [0.717, 1.165) is 10.6 Å². The summed E-state index contributed by atoms with van der Waals surface area (Å²) < 4.78 is 0. The first-order chi connectivity index (χ1) is 10.7. The molecular weight excluding hydrogens is 300 g/mol. The molecule has 110 valence electrons. The maximum Gasteiger partial charge on any atom is 0.335 e. The first kappa shape index (κ1) is 14.2. The van der Waals surface area contributed by atoms with Crippen LogP contribution in [0.5, 0.6) is 0 Å². The van der Waals surface area contributed by atoms with Crippen LogP contribution in [0.1, 0.15) is 10.4 Å². The van der Waals surface area contributed by atoms with E-state index >= 15 is 0 Å². The van der Waals surface area contributed by atoms with E-state index in [9.17, 15) is 4.79 Å². The zero-order valence-electron chi connectivity index (χ0n) is 11.4. The summed E-state index contributed by atoms with van der Waals surface area (Å²) >= 11 is 1.35. The number of aromatic carboxylic acids is 1. The molecule has 7 heteroatoms. The number of aromatic nitrogens is 3. The van der Waals surface area contributed by atoms with Crippen molar-refractivity contribution in [2.75, 3.05) is 5.32 Å². The highest BCUT2D eigenvalue weighted by atomic mass is 32.2. The Hall–Kier alpha value is -2.80. The molecule has 3 aromatic rings. The average Bonchev–Trinajstić information content (AvgIpc) is 2.96. The van der Waals surface area contributed by atoms with Crippen LogP contribution in [0, 0.1) is 0 Å². The zero-order chi connectivity index (χ0) is 15.4. The highest BCUT2D eigenvalue weighted by Gasteiger charge is 2.07. The van der Waals surface area contributed by atoms with E-state index in [1.165, 1.54) is 11.8 Å². The van der Waals surface area contributed by atoms with Crippen LogP contribution in [0.25, 0.3) is 0 Å². The fourth-order valence-electron chi connectivity index (χ4n) is 1.78. The lowest BCUT2D eigenvalue weighted by atomic mass is 10.2. The minimum absolute atomic E-state index is 0.255. The lowest BCUT2D eigenvalue weighted by molar-refractivity contribution is 0.0697. The van der Waals surface area contributed by atoms with Crippen molar-refractivity contribution in [2.24, 2.45) is 0 Å². The number of aromatic amines is 1. The van der Waals surface area contributed by atoms with Crippen molar-refractivity contribution in [3.05, 3.63) is 60.2 Å². The van der Waals surface area contributed by atoms with E-state index < -0.39 is 5.97 Å². The number of anilines is 2. The molecule has 0 radical (unpaired) electrons. The van der Waals surface area contributed by atoms with Gasteiger partial charge in [-0.25, -0.2) is 9.89 Å². The maximum atomic E-state index is 10.8. The monoisotopic (exact) mass is 312 g/mol. The van der Waals surface area contributed by atoms with Crippen LogP contribution in [-0.2, 0) is 0 Å². The molecule has 0 fully saturated rings. The van der Waals surface area contributed by atoms with Gasteiger partial charge in [0.15, 0.2) is 0 Å². The van der Waals surface area contributed by atoms with Crippen molar-refractivity contribution in [2.45, 2.75) is 10.1 Å². The molecule has 0 atom stereocenters. The number of hydrogen-bond acceptors (Lipinski definition) is 5. The van der Waals surface area contributed by atoms with Gasteiger partial charge < -0.3 is 10.4 Å². The lowest BCUT2D eigenvalue weighted by Gasteiger charge is -2.00. The van der Waals surface area contributed by atoms with Gasteiger partial charge in [0, 0.05) is 10.6 Å². The van der Waals surface area contributed by atoms with Crippen molar-refractivity contribution in [1.29, 1.82) is 0 Å². The number of H-pyrrole nitrogens is 1. The Morgan fingerprint density at radius 3 is 2.50 bits per heavy atom. The molecule has 2 aromatic carbocycles. The molecule has 0 aliphatic carbocycles. The molecule has 6 nitrogen and oxygen atoms in total. The van der Waals surface area contributed by atoms with E-state index in [2.05, 4.69) is 20.5 Å². The fourth-order valence-corrected chi connectivity index (χ4v) is 2.49. The molecule has 1 heterocycles. The van der Waals surface area contributed by atoms with Crippen LogP contribution < -0.4 is 5.32 Å². The van der Waals surface area contributed by atoms with Crippen molar-refractivity contribution in [3.63, 3.8) is 0 Å². The van der Waals surface area contributed by atoms with Crippen LogP contribution in [0.4, 0.5) is 11.6 Å². The van der Waals surface area contributed by atoms with E-state index in [1.54, 1.807) is 24.3 Å². The number of nitrogens with one attached hydrogen (secondary N) is 2. The van der Waals surface area contributed by atoms with Crippen LogP contribution in [0.15, 0.2) is 64.6 Å². The van der Waals surface area contributed by atoms with E-state index in [0.29, 0.717) is 11.1 Å². The number of nitrogens with zero attached hydrogens (tertiary/aromatic N) is 2. The molecule has 0 amide bonds. The Morgan fingerprint density at radius 2 is 1.82 bits per heavy atom.